The lowest BCUT2D eigenvalue weighted by atomic mass is 9.74. The molecule has 0 radical (unpaired) electrons. The van der Waals surface area contributed by atoms with Gasteiger partial charge in [0.05, 0.1) is 12.0 Å². The molecule has 0 aliphatic carbocycles. The molecule has 0 bridgehead atoms. The van der Waals surface area contributed by atoms with Gasteiger partial charge in [-0.2, -0.15) is 0 Å². The largest absolute Gasteiger partial charge is 0.490 e. The number of rotatable bonds is 5. The van der Waals surface area contributed by atoms with E-state index in [9.17, 15) is 14.7 Å². The molecule has 1 N–H and O–H groups in total. The average Bonchev–Trinajstić information content (AvgIpc) is 3.01. The zero-order chi connectivity index (χ0) is 17.2. The van der Waals surface area contributed by atoms with Crippen LogP contribution in [0.3, 0.4) is 0 Å². The van der Waals surface area contributed by atoms with Crippen LogP contribution >= 0.6 is 0 Å². The minimum absolute atomic E-state index is 0.150. The van der Waals surface area contributed by atoms with Gasteiger partial charge in [-0.1, -0.05) is 12.7 Å². The Morgan fingerprint density at radius 3 is 2.79 bits per heavy atom. The van der Waals surface area contributed by atoms with Crippen molar-refractivity contribution in [2.24, 2.45) is 11.3 Å². The van der Waals surface area contributed by atoms with Crippen LogP contribution in [0.1, 0.15) is 16.8 Å². The summed E-state index contributed by atoms with van der Waals surface area (Å²) in [5.41, 5.74) is -0.345. The molecule has 2 aliphatic rings. The first kappa shape index (κ1) is 16.5. The van der Waals surface area contributed by atoms with E-state index in [1.165, 1.54) is 0 Å². The van der Waals surface area contributed by atoms with Gasteiger partial charge in [-0.05, 0) is 30.7 Å². The highest BCUT2D eigenvalue weighted by molar-refractivity contribution is 5.95. The molecule has 1 aromatic carbocycles. The number of carboxylic acid groups (broad SMARTS) is 1. The van der Waals surface area contributed by atoms with Gasteiger partial charge < -0.3 is 19.5 Å². The molecule has 6 nitrogen and oxygen atoms in total. The molecule has 0 unspecified atom stereocenters. The summed E-state index contributed by atoms with van der Waals surface area (Å²) in [6.07, 6.45) is 2.10. The first-order valence-corrected chi connectivity index (χ1v) is 8.01. The third kappa shape index (κ3) is 2.89. The van der Waals surface area contributed by atoms with Gasteiger partial charge in [0.25, 0.3) is 5.91 Å². The van der Waals surface area contributed by atoms with E-state index in [2.05, 4.69) is 6.58 Å². The second-order valence-corrected chi connectivity index (χ2v) is 6.29. The molecule has 2 fully saturated rings. The summed E-state index contributed by atoms with van der Waals surface area (Å²) in [4.78, 5) is 26.1. The van der Waals surface area contributed by atoms with Crippen molar-refractivity contribution in [1.29, 1.82) is 0 Å². The summed E-state index contributed by atoms with van der Waals surface area (Å²) < 4.78 is 10.8. The number of hydrogen-bond acceptors (Lipinski definition) is 4. The standard InChI is InChI=1S/C18H21NO5/c1-2-8-24-15-5-3-13(4-6-15)16(20)19-10-14-11-23-9-7-18(14,12-19)17(21)22/h2-6,14H,1,7-12H2,(H,21,22)/t14-,18+/m0/s1. The molecule has 2 saturated heterocycles. The normalized spacial score (nSPS) is 25.8. The highest BCUT2D eigenvalue weighted by Gasteiger charge is 2.54. The van der Waals surface area contributed by atoms with Crippen molar-refractivity contribution in [2.75, 3.05) is 32.9 Å². The van der Waals surface area contributed by atoms with Gasteiger partial charge in [0.1, 0.15) is 12.4 Å². The van der Waals surface area contributed by atoms with Crippen molar-refractivity contribution in [2.45, 2.75) is 6.42 Å². The Labute approximate surface area is 140 Å². The van der Waals surface area contributed by atoms with Gasteiger partial charge in [0.2, 0.25) is 0 Å². The van der Waals surface area contributed by atoms with Crippen molar-refractivity contribution in [3.63, 3.8) is 0 Å². The Bertz CT molecular complexity index is 641. The number of aliphatic carboxylic acids is 1. The number of fused-ring (bicyclic) bond motifs is 1. The minimum atomic E-state index is -0.874. The summed E-state index contributed by atoms with van der Waals surface area (Å²) in [7, 11) is 0. The number of ether oxygens (including phenoxy) is 2. The van der Waals surface area contributed by atoms with Gasteiger partial charge in [0, 0.05) is 31.2 Å². The molecule has 128 valence electrons. The van der Waals surface area contributed by atoms with E-state index in [-0.39, 0.29) is 18.4 Å². The maximum Gasteiger partial charge on any atom is 0.311 e. The molecule has 2 heterocycles. The number of benzene rings is 1. The Kier molecular flexibility index (Phi) is 4.57. The molecule has 0 spiro atoms. The highest BCUT2D eigenvalue weighted by Crippen LogP contribution is 2.42. The summed E-state index contributed by atoms with van der Waals surface area (Å²) in [6.45, 7) is 5.47. The Morgan fingerprint density at radius 1 is 1.42 bits per heavy atom. The van der Waals surface area contributed by atoms with E-state index in [4.69, 9.17) is 9.47 Å². The predicted molar refractivity (Wildman–Crippen MR) is 87.0 cm³/mol. The van der Waals surface area contributed by atoms with Gasteiger partial charge >= 0.3 is 5.97 Å². The summed E-state index contributed by atoms with van der Waals surface area (Å²) in [6, 6.07) is 6.87. The van der Waals surface area contributed by atoms with Gasteiger partial charge in [-0.25, -0.2) is 0 Å². The second-order valence-electron chi connectivity index (χ2n) is 6.29. The van der Waals surface area contributed by atoms with Gasteiger partial charge in [0.15, 0.2) is 0 Å². The number of hydrogen-bond donors (Lipinski definition) is 1. The van der Waals surface area contributed by atoms with Gasteiger partial charge in [-0.3, -0.25) is 9.59 Å². The topological polar surface area (TPSA) is 76.1 Å². The molecule has 6 heteroatoms. The fourth-order valence-corrected chi connectivity index (χ4v) is 3.49. The molecular formula is C18H21NO5. The molecule has 2 atom stereocenters. The van der Waals surface area contributed by atoms with Crippen LogP contribution in [0.5, 0.6) is 5.75 Å². The van der Waals surface area contributed by atoms with Gasteiger partial charge in [-0.15, -0.1) is 0 Å². The third-order valence-corrected chi connectivity index (χ3v) is 4.89. The highest BCUT2D eigenvalue weighted by atomic mass is 16.5. The average molecular weight is 331 g/mol. The molecule has 2 aliphatic heterocycles. The number of carbonyl (C=O) groups excluding carboxylic acids is 1. The first-order valence-electron chi connectivity index (χ1n) is 8.01. The number of likely N-dealkylation sites (tertiary alicyclic amines) is 1. The van der Waals surface area contributed by atoms with Crippen molar-refractivity contribution in [1.82, 2.24) is 4.90 Å². The quantitative estimate of drug-likeness (QED) is 0.833. The van der Waals surface area contributed by atoms with Crippen LogP contribution in [0.25, 0.3) is 0 Å². The van der Waals surface area contributed by atoms with Crippen molar-refractivity contribution in [3.05, 3.63) is 42.5 Å². The van der Waals surface area contributed by atoms with Crippen LogP contribution in [0.4, 0.5) is 0 Å². The smallest absolute Gasteiger partial charge is 0.311 e. The van der Waals surface area contributed by atoms with E-state index in [0.29, 0.717) is 44.1 Å². The van der Waals surface area contributed by atoms with Crippen LogP contribution < -0.4 is 4.74 Å². The van der Waals surface area contributed by atoms with Crippen molar-refractivity contribution >= 4 is 11.9 Å². The van der Waals surface area contributed by atoms with Crippen LogP contribution in [0, 0.1) is 11.3 Å². The van der Waals surface area contributed by atoms with E-state index < -0.39 is 11.4 Å². The molecule has 0 aromatic heterocycles. The molecule has 1 amide bonds. The zero-order valence-corrected chi connectivity index (χ0v) is 13.4. The predicted octanol–water partition coefficient (Wildman–Crippen LogP) is 1.81. The summed E-state index contributed by atoms with van der Waals surface area (Å²) >= 11 is 0. The lowest BCUT2D eigenvalue weighted by Gasteiger charge is -2.33. The second kappa shape index (κ2) is 6.65. The first-order chi connectivity index (χ1) is 11.6. The van der Waals surface area contributed by atoms with Crippen LogP contribution in [0.15, 0.2) is 36.9 Å². The van der Waals surface area contributed by atoms with Crippen molar-refractivity contribution < 1.29 is 24.2 Å². The number of amides is 1. The summed E-state index contributed by atoms with van der Waals surface area (Å²) in [5.74, 6) is -0.473. The fourth-order valence-electron chi connectivity index (χ4n) is 3.49. The minimum Gasteiger partial charge on any atom is -0.490 e. The zero-order valence-electron chi connectivity index (χ0n) is 13.4. The number of nitrogens with zero attached hydrogens (tertiary/aromatic N) is 1. The molecule has 0 saturated carbocycles. The Morgan fingerprint density at radius 2 is 2.17 bits per heavy atom. The number of carboxylic acids is 1. The monoisotopic (exact) mass is 331 g/mol. The lowest BCUT2D eigenvalue weighted by molar-refractivity contribution is -0.157. The third-order valence-electron chi connectivity index (χ3n) is 4.89. The fraction of sp³-hybridized carbons (Fsp3) is 0.444. The van der Waals surface area contributed by atoms with Crippen molar-refractivity contribution in [3.8, 4) is 5.75 Å². The van der Waals surface area contributed by atoms with E-state index >= 15 is 0 Å². The molecule has 24 heavy (non-hydrogen) atoms. The van der Waals surface area contributed by atoms with Crippen LogP contribution in [0.2, 0.25) is 0 Å². The molecular weight excluding hydrogens is 310 g/mol. The Hall–Kier alpha value is -2.34. The Balaban J connectivity index is 1.74. The maximum atomic E-state index is 12.7. The number of carbonyl (C=O) groups is 2. The van der Waals surface area contributed by atoms with E-state index in [1.807, 2.05) is 0 Å². The maximum absolute atomic E-state index is 12.7. The van der Waals surface area contributed by atoms with E-state index in [0.717, 1.165) is 0 Å². The van der Waals surface area contributed by atoms with Crippen LogP contribution in [-0.2, 0) is 9.53 Å². The molecule has 3 rings (SSSR count). The summed E-state index contributed by atoms with van der Waals surface area (Å²) in [5, 5.41) is 9.67. The SMILES string of the molecule is C=CCOc1ccc(C(=O)N2C[C@H]3COCC[C@@]3(C(=O)O)C2)cc1. The molecule has 1 aromatic rings. The van der Waals surface area contributed by atoms with E-state index in [1.54, 1.807) is 35.2 Å². The lowest BCUT2D eigenvalue weighted by Crippen LogP contribution is -2.45. The van der Waals surface area contributed by atoms with Crippen LogP contribution in [-0.4, -0.2) is 54.8 Å².